The van der Waals surface area contributed by atoms with E-state index in [1.165, 1.54) is 5.56 Å². The molecule has 0 aliphatic carbocycles. The summed E-state index contributed by atoms with van der Waals surface area (Å²) in [6.45, 7) is 4.42. The highest BCUT2D eigenvalue weighted by atomic mass is 16.6. The number of aryl methyl sites for hydroxylation is 1. The molecule has 4 rings (SSSR count). The molecule has 5 heteroatoms. The Labute approximate surface area is 171 Å². The second-order valence-electron chi connectivity index (χ2n) is 6.97. The Balaban J connectivity index is 1.40. The number of hydrogen-bond donors (Lipinski definition) is 1. The van der Waals surface area contributed by atoms with Crippen molar-refractivity contribution in [3.63, 3.8) is 0 Å². The van der Waals surface area contributed by atoms with Gasteiger partial charge in [0.1, 0.15) is 19.8 Å². The first-order valence-electron chi connectivity index (χ1n) is 9.70. The molecule has 5 nitrogen and oxygen atoms in total. The van der Waals surface area contributed by atoms with Crippen molar-refractivity contribution in [1.29, 1.82) is 0 Å². The van der Waals surface area contributed by atoms with E-state index in [1.54, 1.807) is 7.11 Å². The van der Waals surface area contributed by atoms with Crippen LogP contribution >= 0.6 is 0 Å². The molecule has 0 atom stereocenters. The predicted octanol–water partition coefficient (Wildman–Crippen LogP) is 4.97. The Bertz CT molecular complexity index is 986. The van der Waals surface area contributed by atoms with Crippen LogP contribution in [-0.2, 0) is 13.2 Å². The van der Waals surface area contributed by atoms with Gasteiger partial charge in [-0.1, -0.05) is 35.9 Å². The third kappa shape index (κ3) is 4.74. The van der Waals surface area contributed by atoms with Crippen molar-refractivity contribution >= 4 is 5.69 Å². The van der Waals surface area contributed by atoms with Crippen LogP contribution in [0.15, 0.2) is 60.7 Å². The number of nitrogens with one attached hydrogen (secondary N) is 1. The van der Waals surface area contributed by atoms with Gasteiger partial charge in [-0.05, 0) is 42.3 Å². The van der Waals surface area contributed by atoms with Crippen molar-refractivity contribution in [3.05, 3.63) is 77.4 Å². The van der Waals surface area contributed by atoms with Gasteiger partial charge in [0, 0.05) is 18.3 Å². The Morgan fingerprint density at radius 1 is 0.862 bits per heavy atom. The molecule has 0 fully saturated rings. The van der Waals surface area contributed by atoms with Gasteiger partial charge >= 0.3 is 0 Å². The second-order valence-corrected chi connectivity index (χ2v) is 6.97. The van der Waals surface area contributed by atoms with Crippen LogP contribution < -0.4 is 24.3 Å². The van der Waals surface area contributed by atoms with Crippen molar-refractivity contribution < 1.29 is 18.9 Å². The normalized spacial score (nSPS) is 12.3. The fraction of sp³-hybridized carbons (Fsp3) is 0.250. The molecule has 150 valence electrons. The summed E-state index contributed by atoms with van der Waals surface area (Å²) < 4.78 is 22.7. The van der Waals surface area contributed by atoms with Crippen LogP contribution in [0.1, 0.15) is 16.7 Å². The minimum atomic E-state index is 0.507. The SMILES string of the molecule is COc1cc(CNc2ccc3c(c2)OCCO3)ccc1OCc1cccc(C)c1. The topological polar surface area (TPSA) is 49.0 Å². The molecule has 1 N–H and O–H groups in total. The molecule has 0 saturated carbocycles. The Morgan fingerprint density at radius 3 is 2.55 bits per heavy atom. The molecular formula is C24H25NO4. The predicted molar refractivity (Wildman–Crippen MR) is 113 cm³/mol. The minimum absolute atomic E-state index is 0.507. The molecule has 0 aromatic heterocycles. The molecule has 0 spiro atoms. The largest absolute Gasteiger partial charge is 0.493 e. The Kier molecular flexibility index (Phi) is 5.75. The lowest BCUT2D eigenvalue weighted by Gasteiger charge is -2.19. The van der Waals surface area contributed by atoms with E-state index in [1.807, 2.05) is 42.5 Å². The molecule has 1 heterocycles. The maximum Gasteiger partial charge on any atom is 0.163 e. The Morgan fingerprint density at radius 2 is 1.72 bits per heavy atom. The summed E-state index contributed by atoms with van der Waals surface area (Å²) in [5, 5.41) is 3.41. The molecule has 0 amide bonds. The van der Waals surface area contributed by atoms with Crippen LogP contribution in [0.4, 0.5) is 5.69 Å². The van der Waals surface area contributed by atoms with Gasteiger partial charge in [0.2, 0.25) is 0 Å². The first kappa shape index (κ1) is 19.0. The van der Waals surface area contributed by atoms with Crippen LogP contribution in [0.5, 0.6) is 23.0 Å². The highest BCUT2D eigenvalue weighted by Gasteiger charge is 2.12. The number of methoxy groups -OCH3 is 1. The zero-order valence-electron chi connectivity index (χ0n) is 16.7. The lowest BCUT2D eigenvalue weighted by atomic mass is 10.1. The maximum atomic E-state index is 5.97. The van der Waals surface area contributed by atoms with E-state index in [9.17, 15) is 0 Å². The summed E-state index contributed by atoms with van der Waals surface area (Å²) in [7, 11) is 1.66. The summed E-state index contributed by atoms with van der Waals surface area (Å²) in [6.07, 6.45) is 0. The van der Waals surface area contributed by atoms with Crippen molar-refractivity contribution in [1.82, 2.24) is 0 Å². The summed E-state index contributed by atoms with van der Waals surface area (Å²) >= 11 is 0. The maximum absolute atomic E-state index is 5.97. The first-order chi connectivity index (χ1) is 14.2. The molecule has 1 aliphatic rings. The quantitative estimate of drug-likeness (QED) is 0.616. The lowest BCUT2D eigenvalue weighted by molar-refractivity contribution is 0.171. The van der Waals surface area contributed by atoms with Crippen molar-refractivity contribution in [2.45, 2.75) is 20.1 Å². The molecule has 0 unspecified atom stereocenters. The van der Waals surface area contributed by atoms with E-state index < -0.39 is 0 Å². The lowest BCUT2D eigenvalue weighted by Crippen LogP contribution is -2.15. The van der Waals surface area contributed by atoms with Crippen molar-refractivity contribution in [2.24, 2.45) is 0 Å². The summed E-state index contributed by atoms with van der Waals surface area (Å²) in [5.74, 6) is 3.02. The molecular weight excluding hydrogens is 366 g/mol. The number of rotatable bonds is 7. The standard InChI is InChI=1S/C24H25NO4/c1-17-4-3-5-19(12-17)16-29-21-8-6-18(13-23(21)26-2)15-25-20-7-9-22-24(14-20)28-11-10-27-22/h3-9,12-14,25H,10-11,15-16H2,1-2H3. The van der Waals surface area contributed by atoms with Crippen LogP contribution in [0.25, 0.3) is 0 Å². The van der Waals surface area contributed by atoms with Crippen molar-refractivity contribution in [2.75, 3.05) is 25.6 Å². The fourth-order valence-corrected chi connectivity index (χ4v) is 3.26. The number of benzene rings is 3. The highest BCUT2D eigenvalue weighted by Crippen LogP contribution is 2.33. The van der Waals surface area contributed by atoms with Crippen LogP contribution in [0.2, 0.25) is 0 Å². The van der Waals surface area contributed by atoms with Gasteiger partial charge < -0.3 is 24.3 Å². The minimum Gasteiger partial charge on any atom is -0.493 e. The van der Waals surface area contributed by atoms with Crippen molar-refractivity contribution in [3.8, 4) is 23.0 Å². The van der Waals surface area contributed by atoms with E-state index in [2.05, 4.69) is 30.4 Å². The number of ether oxygens (including phenoxy) is 4. The molecule has 29 heavy (non-hydrogen) atoms. The Hall–Kier alpha value is -3.34. The van der Waals surface area contributed by atoms with E-state index in [-0.39, 0.29) is 0 Å². The number of fused-ring (bicyclic) bond motifs is 1. The monoisotopic (exact) mass is 391 g/mol. The molecule has 0 radical (unpaired) electrons. The zero-order valence-corrected chi connectivity index (χ0v) is 16.7. The summed E-state index contributed by atoms with van der Waals surface area (Å²) in [5.41, 5.74) is 4.43. The summed E-state index contributed by atoms with van der Waals surface area (Å²) in [6, 6.07) is 20.2. The highest BCUT2D eigenvalue weighted by molar-refractivity contribution is 5.55. The van der Waals surface area contributed by atoms with E-state index in [4.69, 9.17) is 18.9 Å². The van der Waals surface area contributed by atoms with Gasteiger partial charge in [0.05, 0.1) is 7.11 Å². The van der Waals surface area contributed by atoms with E-state index in [0.29, 0.717) is 26.4 Å². The van der Waals surface area contributed by atoms with Gasteiger partial charge in [0.25, 0.3) is 0 Å². The van der Waals surface area contributed by atoms with Gasteiger partial charge in [-0.3, -0.25) is 0 Å². The summed E-state index contributed by atoms with van der Waals surface area (Å²) in [4.78, 5) is 0. The smallest absolute Gasteiger partial charge is 0.163 e. The fourth-order valence-electron chi connectivity index (χ4n) is 3.26. The van der Waals surface area contributed by atoms with Crippen LogP contribution in [0.3, 0.4) is 0 Å². The molecule has 3 aromatic carbocycles. The average molecular weight is 391 g/mol. The van der Waals surface area contributed by atoms with Crippen LogP contribution in [-0.4, -0.2) is 20.3 Å². The van der Waals surface area contributed by atoms with Gasteiger partial charge in [-0.25, -0.2) is 0 Å². The van der Waals surface area contributed by atoms with E-state index >= 15 is 0 Å². The molecule has 3 aromatic rings. The molecule has 1 aliphatic heterocycles. The third-order valence-corrected chi connectivity index (χ3v) is 4.74. The van der Waals surface area contributed by atoms with Gasteiger partial charge in [-0.15, -0.1) is 0 Å². The number of hydrogen-bond acceptors (Lipinski definition) is 5. The molecule has 0 bridgehead atoms. The third-order valence-electron chi connectivity index (χ3n) is 4.74. The van der Waals surface area contributed by atoms with Gasteiger partial charge in [-0.2, -0.15) is 0 Å². The number of anilines is 1. The van der Waals surface area contributed by atoms with Crippen LogP contribution in [0, 0.1) is 6.92 Å². The molecule has 0 saturated heterocycles. The first-order valence-corrected chi connectivity index (χ1v) is 9.70. The van der Waals surface area contributed by atoms with Gasteiger partial charge in [0.15, 0.2) is 23.0 Å². The average Bonchev–Trinajstić information content (AvgIpc) is 2.76. The second kappa shape index (κ2) is 8.78. The zero-order chi connectivity index (χ0) is 20.1. The van der Waals surface area contributed by atoms with E-state index in [0.717, 1.165) is 39.8 Å².